The van der Waals surface area contributed by atoms with Crippen molar-refractivity contribution in [2.75, 3.05) is 0 Å². The molecule has 1 rings (SSSR count). The molecule has 0 spiro atoms. The largest absolute Gasteiger partial charge is 0.305 e. The molecule has 1 heterocycles. The fraction of sp³-hybridized carbons (Fsp3) is 1.00. The van der Waals surface area contributed by atoms with Crippen LogP contribution in [0.4, 0.5) is 0 Å². The Labute approximate surface area is 69.4 Å². The Hall–Kier alpha value is -0.880. The summed E-state index contributed by atoms with van der Waals surface area (Å²) in [7, 11) is 0. The Morgan fingerprint density at radius 3 is 2.42 bits per heavy atom. The van der Waals surface area contributed by atoms with Crippen molar-refractivity contribution in [3.63, 3.8) is 0 Å². The second-order valence-electron chi connectivity index (χ2n) is 2.56. The van der Waals surface area contributed by atoms with Crippen molar-refractivity contribution >= 4 is 0 Å². The van der Waals surface area contributed by atoms with Gasteiger partial charge in [-0.15, -0.1) is 10.1 Å². The van der Waals surface area contributed by atoms with E-state index in [1.54, 1.807) is 6.92 Å². The fourth-order valence-electron chi connectivity index (χ4n) is 1.08. The average Bonchev–Trinajstić information content (AvgIpc) is 2.80. The van der Waals surface area contributed by atoms with Gasteiger partial charge >= 0.3 is 0 Å². The van der Waals surface area contributed by atoms with Crippen molar-refractivity contribution in [2.45, 2.75) is 38.6 Å². The summed E-state index contributed by atoms with van der Waals surface area (Å²) in [5.74, 6) is -0.873. The van der Waals surface area contributed by atoms with Crippen molar-refractivity contribution < 1.29 is 19.7 Å². The summed E-state index contributed by atoms with van der Waals surface area (Å²) >= 11 is 0. The van der Waals surface area contributed by atoms with E-state index in [1.165, 1.54) is 0 Å². The number of rotatable bonds is 5. The molecule has 1 aliphatic rings. The van der Waals surface area contributed by atoms with Crippen LogP contribution in [-0.2, 0) is 14.6 Å². The molecule has 6 heteroatoms. The average molecular weight is 177 g/mol. The second-order valence-corrected chi connectivity index (χ2v) is 2.56. The minimum Gasteiger partial charge on any atom is -0.305 e. The summed E-state index contributed by atoms with van der Waals surface area (Å²) in [6.45, 7) is 3.59. The summed E-state index contributed by atoms with van der Waals surface area (Å²) in [6.07, 6.45) is 0.395. The van der Waals surface area contributed by atoms with E-state index in [0.717, 1.165) is 0 Å². The second kappa shape index (κ2) is 3.24. The zero-order valence-corrected chi connectivity index (χ0v) is 6.98. The van der Waals surface area contributed by atoms with Gasteiger partial charge in [-0.25, -0.2) is 0 Å². The summed E-state index contributed by atoms with van der Waals surface area (Å²) in [5, 5.41) is 9.21. The molecule has 1 unspecified atom stereocenters. The third-order valence-electron chi connectivity index (χ3n) is 1.86. The molecule has 0 aromatic heterocycles. The quantitative estimate of drug-likeness (QED) is 0.271. The van der Waals surface area contributed by atoms with Crippen LogP contribution in [0.3, 0.4) is 0 Å². The van der Waals surface area contributed by atoms with Crippen molar-refractivity contribution in [2.24, 2.45) is 0 Å². The summed E-state index contributed by atoms with van der Waals surface area (Å²) in [4.78, 5) is 23.8. The molecule has 1 aliphatic heterocycles. The fourth-order valence-corrected chi connectivity index (χ4v) is 1.08. The van der Waals surface area contributed by atoms with Crippen molar-refractivity contribution in [3.8, 4) is 0 Å². The van der Waals surface area contributed by atoms with Crippen LogP contribution in [0.15, 0.2) is 0 Å². The van der Waals surface area contributed by atoms with Gasteiger partial charge in [-0.2, -0.15) is 9.78 Å². The van der Waals surface area contributed by atoms with Gasteiger partial charge in [0, 0.05) is 6.42 Å². The first-order chi connectivity index (χ1) is 5.64. The van der Waals surface area contributed by atoms with E-state index >= 15 is 0 Å². The molecule has 70 valence electrons. The Kier molecular flexibility index (Phi) is 2.49. The van der Waals surface area contributed by atoms with Gasteiger partial charge < -0.3 is 4.84 Å². The Balaban J connectivity index is 2.50. The zero-order chi connectivity index (χ0) is 9.19. The van der Waals surface area contributed by atoms with Crippen LogP contribution in [0.25, 0.3) is 0 Å². The van der Waals surface area contributed by atoms with Gasteiger partial charge in [0.1, 0.15) is 0 Å². The van der Waals surface area contributed by atoms with Gasteiger partial charge in [0.25, 0.3) is 10.9 Å². The molecule has 12 heavy (non-hydrogen) atoms. The minimum absolute atomic E-state index is 0.481. The van der Waals surface area contributed by atoms with Gasteiger partial charge in [-0.3, -0.25) is 0 Å². The molecule has 6 nitrogen and oxygen atoms in total. The zero-order valence-electron chi connectivity index (χ0n) is 6.98. The predicted octanol–water partition coefficient (Wildman–Crippen LogP) is 1.04. The van der Waals surface area contributed by atoms with E-state index in [-0.39, 0.29) is 0 Å². The van der Waals surface area contributed by atoms with E-state index in [4.69, 9.17) is 0 Å². The van der Waals surface area contributed by atoms with Gasteiger partial charge in [0.05, 0.1) is 0 Å². The van der Waals surface area contributed by atoms with Gasteiger partial charge in [0.15, 0.2) is 6.10 Å². The van der Waals surface area contributed by atoms with E-state index in [0.29, 0.717) is 12.8 Å². The van der Waals surface area contributed by atoms with Gasteiger partial charge in [0.2, 0.25) is 0 Å². The number of hydrogen-bond donors (Lipinski definition) is 0. The van der Waals surface area contributed by atoms with Crippen LogP contribution in [0.1, 0.15) is 26.7 Å². The van der Waals surface area contributed by atoms with E-state index in [9.17, 15) is 10.1 Å². The molecule has 1 atom stereocenters. The lowest BCUT2D eigenvalue weighted by molar-refractivity contribution is -0.771. The summed E-state index contributed by atoms with van der Waals surface area (Å²) in [5.41, 5.74) is 0. The van der Waals surface area contributed by atoms with Crippen molar-refractivity contribution in [3.05, 3.63) is 10.1 Å². The molecule has 1 saturated heterocycles. The van der Waals surface area contributed by atoms with E-state index in [1.807, 2.05) is 6.92 Å². The predicted molar refractivity (Wildman–Crippen MR) is 37.4 cm³/mol. The number of nitrogens with zero attached hydrogens (tertiary/aromatic N) is 1. The summed E-state index contributed by atoms with van der Waals surface area (Å²) in [6, 6.07) is 0. The first kappa shape index (κ1) is 9.21. The van der Waals surface area contributed by atoms with E-state index < -0.39 is 17.0 Å². The molecule has 0 amide bonds. The topological polar surface area (TPSA) is 77.4 Å². The lowest BCUT2D eigenvalue weighted by Crippen LogP contribution is -2.32. The van der Waals surface area contributed by atoms with Crippen LogP contribution in [-0.4, -0.2) is 17.0 Å². The standard InChI is InChI=1S/C6H11NO5/c1-3-5(10-7(8)9)6(4-2)11-12-6/h5H,3-4H2,1-2H3. The van der Waals surface area contributed by atoms with Crippen LogP contribution in [0, 0.1) is 10.1 Å². The summed E-state index contributed by atoms with van der Waals surface area (Å²) < 4.78 is 0. The minimum atomic E-state index is -0.873. The van der Waals surface area contributed by atoms with Crippen LogP contribution in [0.5, 0.6) is 0 Å². The Bertz CT molecular complexity index is 179. The van der Waals surface area contributed by atoms with Crippen molar-refractivity contribution in [1.82, 2.24) is 0 Å². The van der Waals surface area contributed by atoms with Crippen LogP contribution >= 0.6 is 0 Å². The third kappa shape index (κ3) is 1.64. The molecule has 1 fully saturated rings. The third-order valence-corrected chi connectivity index (χ3v) is 1.86. The highest BCUT2D eigenvalue weighted by Gasteiger charge is 2.55. The first-order valence-corrected chi connectivity index (χ1v) is 3.82. The highest BCUT2D eigenvalue weighted by Crippen LogP contribution is 2.39. The van der Waals surface area contributed by atoms with Gasteiger partial charge in [-0.05, 0) is 6.42 Å². The molecule has 0 aromatic rings. The SMILES string of the molecule is CCC(O[N+](=O)[O-])C1(CC)OO1. The first-order valence-electron chi connectivity index (χ1n) is 3.82. The highest BCUT2D eigenvalue weighted by molar-refractivity contribution is 4.81. The molecule has 0 aromatic carbocycles. The van der Waals surface area contributed by atoms with Crippen LogP contribution < -0.4 is 0 Å². The molecular formula is C6H11NO5. The van der Waals surface area contributed by atoms with Crippen LogP contribution in [0.2, 0.25) is 0 Å². The monoisotopic (exact) mass is 177 g/mol. The lowest BCUT2D eigenvalue weighted by atomic mass is 10.1. The van der Waals surface area contributed by atoms with E-state index in [2.05, 4.69) is 14.6 Å². The van der Waals surface area contributed by atoms with Crippen molar-refractivity contribution in [1.29, 1.82) is 0 Å². The molecule has 0 aliphatic carbocycles. The normalized spacial score (nSPS) is 21.5. The number of hydrogen-bond acceptors (Lipinski definition) is 5. The molecular weight excluding hydrogens is 166 g/mol. The highest BCUT2D eigenvalue weighted by atomic mass is 17.4. The molecule has 0 radical (unpaired) electrons. The molecule has 0 N–H and O–H groups in total. The molecule has 0 bridgehead atoms. The molecule has 0 saturated carbocycles. The Morgan fingerprint density at radius 1 is 1.58 bits per heavy atom. The Morgan fingerprint density at radius 2 is 2.17 bits per heavy atom. The van der Waals surface area contributed by atoms with Gasteiger partial charge in [-0.1, -0.05) is 13.8 Å². The maximum Gasteiger partial charge on any atom is 0.294 e. The maximum atomic E-state index is 10.0. The smallest absolute Gasteiger partial charge is 0.294 e. The lowest BCUT2D eigenvalue weighted by Gasteiger charge is -2.14. The maximum absolute atomic E-state index is 10.0.